The normalized spacial score (nSPS) is 17.3. The largest absolute Gasteiger partial charge is 0.497 e. The Morgan fingerprint density at radius 1 is 0.930 bits per heavy atom. The summed E-state index contributed by atoms with van der Waals surface area (Å²) in [5.41, 5.74) is 1.83. The average Bonchev–Trinajstić information content (AvgIpc) is 3.63. The van der Waals surface area contributed by atoms with E-state index in [2.05, 4.69) is 0 Å². The number of amides is 2. The highest BCUT2D eigenvalue weighted by atomic mass is 32.1. The number of nitrogens with zero attached hydrogens (tertiary/aromatic N) is 3. The number of anilines is 2. The molecule has 1 spiro atoms. The summed E-state index contributed by atoms with van der Waals surface area (Å²) in [6.07, 6.45) is 0. The molecule has 1 unspecified atom stereocenters. The lowest BCUT2D eigenvalue weighted by molar-refractivity contribution is -0.121. The van der Waals surface area contributed by atoms with Crippen LogP contribution in [0.2, 0.25) is 0 Å². The molecule has 8 nitrogen and oxygen atoms in total. The maximum absolute atomic E-state index is 15.1. The number of hydrogen-bond acceptors (Lipinski definition) is 7. The van der Waals surface area contributed by atoms with Crippen LogP contribution in [0.3, 0.4) is 0 Å². The lowest BCUT2D eigenvalue weighted by Gasteiger charge is -2.32. The number of aromatic nitrogens is 1. The summed E-state index contributed by atoms with van der Waals surface area (Å²) in [5.74, 6) is -0.518. The van der Waals surface area contributed by atoms with E-state index in [0.29, 0.717) is 27.9 Å². The zero-order valence-corrected chi connectivity index (χ0v) is 24.0. The molecule has 8 rings (SSSR count). The third kappa shape index (κ3) is 3.42. The molecule has 4 heterocycles. The summed E-state index contributed by atoms with van der Waals surface area (Å²) in [5, 5.41) is 0.579. The van der Waals surface area contributed by atoms with Gasteiger partial charge in [-0.1, -0.05) is 71.5 Å². The van der Waals surface area contributed by atoms with Gasteiger partial charge in [0.1, 0.15) is 11.3 Å². The highest BCUT2D eigenvalue weighted by molar-refractivity contribution is 7.22. The number of methoxy groups -OCH3 is 1. The van der Waals surface area contributed by atoms with Crippen molar-refractivity contribution in [3.8, 4) is 5.75 Å². The summed E-state index contributed by atoms with van der Waals surface area (Å²) < 4.78 is 12.4. The quantitative estimate of drug-likeness (QED) is 0.246. The number of aryl methyl sites for hydroxylation is 1. The first-order valence-corrected chi connectivity index (χ1v) is 14.6. The molecular weight excluding hydrogens is 562 g/mol. The second-order valence-corrected chi connectivity index (χ2v) is 11.7. The number of hydrogen-bond donors (Lipinski definition) is 0. The topological polar surface area (TPSA) is 93.0 Å². The molecule has 210 valence electrons. The van der Waals surface area contributed by atoms with Crippen LogP contribution >= 0.6 is 11.3 Å². The molecule has 0 radical (unpaired) electrons. The third-order valence-corrected chi connectivity index (χ3v) is 9.23. The number of ether oxygens (including phenoxy) is 1. The van der Waals surface area contributed by atoms with Crippen molar-refractivity contribution in [1.82, 2.24) is 4.98 Å². The van der Waals surface area contributed by atoms with E-state index in [9.17, 15) is 9.59 Å². The molecule has 0 N–H and O–H groups in total. The molecule has 0 saturated carbocycles. The van der Waals surface area contributed by atoms with Gasteiger partial charge < -0.3 is 14.1 Å². The Morgan fingerprint density at radius 2 is 1.74 bits per heavy atom. The molecule has 43 heavy (non-hydrogen) atoms. The van der Waals surface area contributed by atoms with Crippen molar-refractivity contribution in [1.29, 1.82) is 0 Å². The summed E-state index contributed by atoms with van der Waals surface area (Å²) in [4.78, 5) is 51.8. The molecule has 0 saturated heterocycles. The maximum atomic E-state index is 15.1. The Hall–Kier alpha value is -5.28. The monoisotopic (exact) mass is 585 g/mol. The minimum atomic E-state index is -1.81. The van der Waals surface area contributed by atoms with Gasteiger partial charge in [-0.25, -0.2) is 4.98 Å². The van der Waals surface area contributed by atoms with Crippen LogP contribution in [0.1, 0.15) is 32.8 Å². The van der Waals surface area contributed by atoms with Crippen LogP contribution in [-0.2, 0) is 16.9 Å². The number of carbonyl (C=O) groups is 2. The Labute approximate surface area is 249 Å². The van der Waals surface area contributed by atoms with Crippen molar-refractivity contribution in [2.24, 2.45) is 0 Å². The van der Waals surface area contributed by atoms with Crippen molar-refractivity contribution < 1.29 is 18.7 Å². The minimum absolute atomic E-state index is 0.0113. The van der Waals surface area contributed by atoms with Crippen LogP contribution < -0.4 is 20.0 Å². The smallest absolute Gasteiger partial charge is 0.297 e. The second-order valence-electron chi connectivity index (χ2n) is 10.7. The lowest BCUT2D eigenvalue weighted by atomic mass is 9.84. The molecule has 2 amide bonds. The lowest BCUT2D eigenvalue weighted by Crippen LogP contribution is -2.53. The number of carbonyl (C=O) groups excluding carboxylic acids is 2. The van der Waals surface area contributed by atoms with E-state index in [1.165, 1.54) is 16.2 Å². The van der Waals surface area contributed by atoms with Crippen LogP contribution in [0.5, 0.6) is 5.75 Å². The summed E-state index contributed by atoms with van der Waals surface area (Å²) >= 11 is 1.25. The predicted octanol–water partition coefficient (Wildman–Crippen LogP) is 6.17. The Balaban J connectivity index is 1.44. The summed E-state index contributed by atoms with van der Waals surface area (Å²) in [7, 11) is 1.58. The molecule has 0 fully saturated rings. The fourth-order valence-corrected chi connectivity index (χ4v) is 7.42. The number of para-hydroxylation sites is 2. The zero-order chi connectivity index (χ0) is 29.5. The fourth-order valence-electron chi connectivity index (χ4n) is 6.38. The molecule has 2 aromatic heterocycles. The van der Waals surface area contributed by atoms with Crippen molar-refractivity contribution >= 4 is 55.2 Å². The number of fused-ring (bicyclic) bond motifs is 6. The van der Waals surface area contributed by atoms with E-state index in [1.807, 2.05) is 61.5 Å². The fraction of sp³-hybridized carbons (Fsp3) is 0.118. The summed E-state index contributed by atoms with van der Waals surface area (Å²) in [6.45, 7) is 2.25. The van der Waals surface area contributed by atoms with Gasteiger partial charge in [-0.15, -0.1) is 0 Å². The third-order valence-electron chi connectivity index (χ3n) is 8.23. The van der Waals surface area contributed by atoms with Crippen LogP contribution in [0.4, 0.5) is 10.8 Å². The molecular formula is C34H23N3O5S. The SMILES string of the molecule is COc1ccc2nc(N3C(=O)c4oc5ccccc5c(=O)c4C34C(=O)N(Cc3cccc(C)c3)c3ccccc34)sc2c1. The summed E-state index contributed by atoms with van der Waals surface area (Å²) in [6, 6.07) is 27.5. The average molecular weight is 586 g/mol. The van der Waals surface area contributed by atoms with Gasteiger partial charge in [0.15, 0.2) is 16.1 Å². The van der Waals surface area contributed by atoms with Gasteiger partial charge >= 0.3 is 0 Å². The molecule has 0 bridgehead atoms. The predicted molar refractivity (Wildman–Crippen MR) is 165 cm³/mol. The number of rotatable bonds is 4. The van der Waals surface area contributed by atoms with E-state index in [0.717, 1.165) is 15.8 Å². The van der Waals surface area contributed by atoms with Crippen molar-refractivity contribution in [3.63, 3.8) is 0 Å². The number of thiazole rings is 1. The van der Waals surface area contributed by atoms with Crippen molar-refractivity contribution in [2.45, 2.75) is 19.0 Å². The highest BCUT2D eigenvalue weighted by Gasteiger charge is 2.66. The van der Waals surface area contributed by atoms with Gasteiger partial charge in [0.25, 0.3) is 11.8 Å². The van der Waals surface area contributed by atoms with E-state index < -0.39 is 22.8 Å². The molecule has 6 aromatic rings. The molecule has 0 aliphatic carbocycles. The molecule has 2 aliphatic rings. The zero-order valence-electron chi connectivity index (χ0n) is 23.2. The van der Waals surface area contributed by atoms with Gasteiger partial charge in [-0.2, -0.15) is 0 Å². The van der Waals surface area contributed by atoms with Crippen LogP contribution in [0, 0.1) is 6.92 Å². The Kier molecular flexibility index (Phi) is 5.39. The molecule has 4 aromatic carbocycles. The van der Waals surface area contributed by atoms with Gasteiger partial charge in [0.2, 0.25) is 5.76 Å². The van der Waals surface area contributed by atoms with E-state index in [4.69, 9.17) is 14.1 Å². The van der Waals surface area contributed by atoms with Gasteiger partial charge in [0.05, 0.1) is 40.5 Å². The minimum Gasteiger partial charge on any atom is -0.497 e. The van der Waals surface area contributed by atoms with Crippen LogP contribution in [0.15, 0.2) is 100 Å². The van der Waals surface area contributed by atoms with Gasteiger partial charge in [-0.3, -0.25) is 19.3 Å². The number of benzene rings is 4. The Bertz CT molecular complexity index is 2220. The molecule has 2 aliphatic heterocycles. The van der Waals surface area contributed by atoms with Gasteiger partial charge in [-0.05, 0) is 48.9 Å². The first-order chi connectivity index (χ1) is 20.9. The van der Waals surface area contributed by atoms with E-state index in [1.54, 1.807) is 48.4 Å². The maximum Gasteiger partial charge on any atom is 0.297 e. The molecule has 9 heteroatoms. The van der Waals surface area contributed by atoms with Crippen molar-refractivity contribution in [2.75, 3.05) is 16.9 Å². The first kappa shape index (κ1) is 25.4. The Morgan fingerprint density at radius 3 is 2.58 bits per heavy atom. The van der Waals surface area contributed by atoms with E-state index >= 15 is 4.79 Å². The van der Waals surface area contributed by atoms with Crippen LogP contribution in [0.25, 0.3) is 21.2 Å². The second kappa shape index (κ2) is 9.11. The van der Waals surface area contributed by atoms with Crippen LogP contribution in [-0.4, -0.2) is 23.9 Å². The van der Waals surface area contributed by atoms with Gasteiger partial charge in [0, 0.05) is 5.56 Å². The highest BCUT2D eigenvalue weighted by Crippen LogP contribution is 2.55. The van der Waals surface area contributed by atoms with E-state index in [-0.39, 0.29) is 28.6 Å². The van der Waals surface area contributed by atoms with Crippen molar-refractivity contribution in [3.05, 3.63) is 129 Å². The molecule has 1 atom stereocenters. The standard InChI is InChI=1S/C34H23N3O5S/c1-19-8-7-9-20(16-19)18-36-25-12-5-4-11-23(25)34(32(36)40)28-29(38)22-10-3-6-13-26(22)42-30(28)31(39)37(34)33-35-24-15-14-21(41-2)17-27(24)43-33/h3-17H,18H2,1-2H3. The first-order valence-electron chi connectivity index (χ1n) is 13.7.